The molecule has 60 heavy (non-hydrogen) atoms. The van der Waals surface area contributed by atoms with Crippen molar-refractivity contribution in [1.82, 2.24) is 14.1 Å². The third-order valence-corrected chi connectivity index (χ3v) is 11.5. The Morgan fingerprint density at radius 2 is 1.23 bits per heavy atom. The molecule has 0 saturated carbocycles. The molecule has 0 fully saturated rings. The second-order valence-corrected chi connectivity index (χ2v) is 16.2. The smallest absolute Gasteiger partial charge is 0.425 e. The third kappa shape index (κ3) is 5.77. The van der Waals surface area contributed by atoms with Crippen LogP contribution in [0.25, 0.3) is 83.8 Å². The van der Waals surface area contributed by atoms with Gasteiger partial charge in [-0.05, 0) is 98.0 Å². The number of hydrogen-bond donors (Lipinski definition) is 0. The Hall–Kier alpha value is -7.77. The van der Waals surface area contributed by atoms with Crippen molar-refractivity contribution >= 4 is 22.1 Å². The maximum absolute atomic E-state index is 13.2. The predicted octanol–water partition coefficient (Wildman–Crippen LogP) is 12.1. The number of fused-ring (bicyclic) bond motifs is 8. The molecule has 0 N–H and O–H groups in total. The SMILES string of the molecule is CC(C)(C)c1ccnc(-n2c(=O)oc3ccc(Oc4cccc(-n5[c-][n+]6c7c(cccc75)-c5ccccc5-c5ccccc5-c5cccc(-c7ccccc7)c5-6)c4)cc32)c1. The second-order valence-electron chi connectivity index (χ2n) is 16.2. The number of para-hydroxylation sites is 2. The molecule has 11 rings (SSSR count). The fourth-order valence-corrected chi connectivity index (χ4v) is 8.59. The first kappa shape index (κ1) is 35.4. The summed E-state index contributed by atoms with van der Waals surface area (Å²) < 4.78 is 18.1. The minimum atomic E-state index is -0.506. The van der Waals surface area contributed by atoms with Gasteiger partial charge in [0.05, 0.1) is 22.4 Å². The number of pyridine rings is 1. The van der Waals surface area contributed by atoms with E-state index in [1.54, 1.807) is 12.3 Å². The van der Waals surface area contributed by atoms with Crippen molar-refractivity contribution in [3.05, 3.63) is 198 Å². The van der Waals surface area contributed by atoms with Crippen LogP contribution in [0.5, 0.6) is 11.5 Å². The maximum Gasteiger partial charge on any atom is 0.425 e. The summed E-state index contributed by atoms with van der Waals surface area (Å²) in [5.41, 5.74) is 15.0. The Bertz CT molecular complexity index is 3370. The Labute approximate surface area is 346 Å². The van der Waals surface area contributed by atoms with Crippen LogP contribution in [0.3, 0.4) is 0 Å². The summed E-state index contributed by atoms with van der Waals surface area (Å²) >= 11 is 0. The Balaban J connectivity index is 1.08. The van der Waals surface area contributed by atoms with Crippen LogP contribution in [0.15, 0.2) is 185 Å². The molecule has 0 spiro atoms. The topological polar surface area (TPSA) is 66.1 Å². The average molecular weight is 779 g/mol. The van der Waals surface area contributed by atoms with Gasteiger partial charge >= 0.3 is 5.76 Å². The van der Waals surface area contributed by atoms with E-state index in [0.717, 1.165) is 61.4 Å². The van der Waals surface area contributed by atoms with Crippen molar-refractivity contribution in [1.29, 1.82) is 0 Å². The van der Waals surface area contributed by atoms with Crippen LogP contribution in [0.4, 0.5) is 0 Å². The van der Waals surface area contributed by atoms with E-state index in [4.69, 9.17) is 9.15 Å². The van der Waals surface area contributed by atoms with Gasteiger partial charge in [0.2, 0.25) is 0 Å². The fraction of sp³-hybridized carbons (Fsp3) is 0.0755. The maximum atomic E-state index is 13.2. The number of rotatable bonds is 5. The number of aromatic nitrogens is 4. The van der Waals surface area contributed by atoms with Gasteiger partial charge in [0.15, 0.2) is 5.58 Å². The van der Waals surface area contributed by atoms with Gasteiger partial charge in [-0.3, -0.25) is 9.13 Å². The molecule has 7 heteroatoms. The van der Waals surface area contributed by atoms with Gasteiger partial charge in [-0.1, -0.05) is 142 Å². The highest BCUT2D eigenvalue weighted by Crippen LogP contribution is 2.45. The summed E-state index contributed by atoms with van der Waals surface area (Å²) in [4.78, 5) is 17.8. The van der Waals surface area contributed by atoms with Crippen molar-refractivity contribution in [2.75, 3.05) is 0 Å². The summed E-state index contributed by atoms with van der Waals surface area (Å²) in [5.74, 6) is 1.17. The second kappa shape index (κ2) is 13.7. The average Bonchev–Trinajstić information content (AvgIpc) is 3.84. The zero-order chi connectivity index (χ0) is 40.5. The van der Waals surface area contributed by atoms with E-state index in [2.05, 4.69) is 163 Å². The van der Waals surface area contributed by atoms with E-state index in [-0.39, 0.29) is 5.41 Å². The van der Waals surface area contributed by atoms with Crippen LogP contribution in [0, 0.1) is 6.33 Å². The summed E-state index contributed by atoms with van der Waals surface area (Å²) in [5, 5.41) is 0. The minimum Gasteiger partial charge on any atom is -0.458 e. The lowest BCUT2D eigenvalue weighted by Gasteiger charge is -2.19. The fourth-order valence-electron chi connectivity index (χ4n) is 8.59. The zero-order valence-electron chi connectivity index (χ0n) is 33.3. The highest BCUT2D eigenvalue weighted by Gasteiger charge is 2.26. The zero-order valence-corrected chi connectivity index (χ0v) is 33.3. The molecule has 0 radical (unpaired) electrons. The van der Waals surface area contributed by atoms with Crippen LogP contribution in [0.2, 0.25) is 0 Å². The van der Waals surface area contributed by atoms with E-state index >= 15 is 0 Å². The summed E-state index contributed by atoms with van der Waals surface area (Å²) in [7, 11) is 0. The van der Waals surface area contributed by atoms with Gasteiger partial charge in [0.25, 0.3) is 6.33 Å². The van der Waals surface area contributed by atoms with Crippen LogP contribution < -0.4 is 15.1 Å². The number of benzene rings is 7. The molecule has 7 aromatic carbocycles. The first-order valence-corrected chi connectivity index (χ1v) is 20.1. The number of hydrogen-bond acceptors (Lipinski definition) is 4. The largest absolute Gasteiger partial charge is 0.458 e. The number of ether oxygens (including phenoxy) is 1. The van der Waals surface area contributed by atoms with Gasteiger partial charge in [0.1, 0.15) is 22.8 Å². The predicted molar refractivity (Wildman–Crippen MR) is 237 cm³/mol. The Morgan fingerprint density at radius 3 is 2.00 bits per heavy atom. The Kier molecular flexibility index (Phi) is 8.07. The molecule has 288 valence electrons. The van der Waals surface area contributed by atoms with Gasteiger partial charge in [0, 0.05) is 12.3 Å². The molecular weight excluding hydrogens is 741 g/mol. The third-order valence-electron chi connectivity index (χ3n) is 11.5. The lowest BCUT2D eigenvalue weighted by atomic mass is 9.88. The molecule has 0 amide bonds. The van der Waals surface area contributed by atoms with E-state index in [1.165, 1.54) is 15.7 Å². The molecular formula is C53H38N4O3. The molecule has 0 aliphatic carbocycles. The number of imidazole rings is 1. The van der Waals surface area contributed by atoms with Gasteiger partial charge in [-0.2, -0.15) is 0 Å². The standard InChI is InChI=1S/C53H38N4O3/c1-53(2,3)35-28-29-54-49(30-35)57-47-32-38(26-27-48(47)60-52(57)58)59-37-17-11-16-36(31-37)55-33-56-50-39(34-14-5-4-6-15-34)22-12-23-44(50)42-20-9-7-18-40(42)41-19-8-10-21-43(41)45-24-13-25-46(55)51(45)56/h4-32H,1-3H3. The van der Waals surface area contributed by atoms with Crippen LogP contribution >= 0.6 is 0 Å². The van der Waals surface area contributed by atoms with Gasteiger partial charge in [-0.25, -0.2) is 14.3 Å². The van der Waals surface area contributed by atoms with Crippen LogP contribution in [0.1, 0.15) is 26.3 Å². The van der Waals surface area contributed by atoms with Crippen molar-refractivity contribution < 1.29 is 13.7 Å². The van der Waals surface area contributed by atoms with Gasteiger partial charge < -0.3 is 9.15 Å². The van der Waals surface area contributed by atoms with Crippen molar-refractivity contribution in [3.63, 3.8) is 0 Å². The molecule has 1 aliphatic rings. The lowest BCUT2D eigenvalue weighted by Crippen LogP contribution is -2.32. The van der Waals surface area contributed by atoms with E-state index < -0.39 is 5.76 Å². The monoisotopic (exact) mass is 778 g/mol. The van der Waals surface area contributed by atoms with E-state index in [0.29, 0.717) is 28.4 Å². The van der Waals surface area contributed by atoms with Crippen molar-refractivity contribution in [2.24, 2.45) is 0 Å². The van der Waals surface area contributed by atoms with Crippen LogP contribution in [-0.4, -0.2) is 14.1 Å². The molecule has 1 aliphatic heterocycles. The van der Waals surface area contributed by atoms with Gasteiger partial charge in [-0.15, -0.1) is 0 Å². The molecule has 0 bridgehead atoms. The molecule has 10 aromatic rings. The molecule has 0 unspecified atom stereocenters. The van der Waals surface area contributed by atoms with Crippen molar-refractivity contribution in [3.8, 4) is 73.2 Å². The number of nitrogens with zero attached hydrogens (tertiary/aromatic N) is 4. The molecule has 7 nitrogen and oxygen atoms in total. The summed E-state index contributed by atoms with van der Waals surface area (Å²) in [6.45, 7) is 6.39. The van der Waals surface area contributed by atoms with E-state index in [1.807, 2.05) is 42.5 Å². The summed E-state index contributed by atoms with van der Waals surface area (Å²) in [6, 6.07) is 58.4. The normalized spacial score (nSPS) is 12.0. The highest BCUT2D eigenvalue weighted by atomic mass is 16.5. The first-order chi connectivity index (χ1) is 29.3. The minimum absolute atomic E-state index is 0.123. The molecule has 0 saturated heterocycles. The first-order valence-electron chi connectivity index (χ1n) is 20.1. The van der Waals surface area contributed by atoms with E-state index in [9.17, 15) is 4.79 Å². The summed E-state index contributed by atoms with van der Waals surface area (Å²) in [6.07, 6.45) is 5.58. The van der Waals surface area contributed by atoms with Crippen LogP contribution in [-0.2, 0) is 5.41 Å². The Morgan fingerprint density at radius 1 is 0.600 bits per heavy atom. The lowest BCUT2D eigenvalue weighted by molar-refractivity contribution is -0.570. The molecule has 0 atom stereocenters. The van der Waals surface area contributed by atoms with Crippen molar-refractivity contribution in [2.45, 2.75) is 26.2 Å². The number of oxazole rings is 1. The highest BCUT2D eigenvalue weighted by molar-refractivity contribution is 6.01. The molecule has 4 heterocycles. The molecule has 3 aromatic heterocycles. The quantitative estimate of drug-likeness (QED) is 0.129.